The molecule has 90 valence electrons. The minimum absolute atomic E-state index is 0.289. The first kappa shape index (κ1) is 12.0. The fourth-order valence-corrected chi connectivity index (χ4v) is 3.21. The van der Waals surface area contributed by atoms with E-state index in [0.717, 1.165) is 37.6 Å². The van der Waals surface area contributed by atoms with Crippen LogP contribution in [-0.4, -0.2) is 25.0 Å². The fraction of sp³-hybridized carbons (Fsp3) is 0.667. The van der Waals surface area contributed by atoms with Gasteiger partial charge in [-0.05, 0) is 31.9 Å². The molecule has 16 heavy (non-hydrogen) atoms. The lowest BCUT2D eigenvalue weighted by molar-refractivity contribution is 0.0999. The summed E-state index contributed by atoms with van der Waals surface area (Å²) in [6, 6.07) is 4.04. The number of thioether (sulfide) groups is 1. The smallest absolute Gasteiger partial charge is 0.118 e. The Bertz CT molecular complexity index is 321. The van der Waals surface area contributed by atoms with Gasteiger partial charge in [-0.1, -0.05) is 0 Å². The molecule has 1 unspecified atom stereocenters. The van der Waals surface area contributed by atoms with Crippen molar-refractivity contribution in [3.05, 3.63) is 23.7 Å². The van der Waals surface area contributed by atoms with Gasteiger partial charge in [0.15, 0.2) is 0 Å². The van der Waals surface area contributed by atoms with Crippen LogP contribution in [0.2, 0.25) is 0 Å². The summed E-state index contributed by atoms with van der Waals surface area (Å²) in [6.07, 6.45) is 2.25. The van der Waals surface area contributed by atoms with Crippen molar-refractivity contribution in [1.82, 2.24) is 0 Å². The number of ether oxygens (including phenoxy) is 1. The molecular formula is C12H19NO2S. The molecule has 2 rings (SSSR count). The third-order valence-corrected chi connectivity index (χ3v) is 4.43. The average molecular weight is 241 g/mol. The van der Waals surface area contributed by atoms with E-state index in [0.29, 0.717) is 11.8 Å². The largest absolute Gasteiger partial charge is 0.465 e. The van der Waals surface area contributed by atoms with Crippen LogP contribution in [0.25, 0.3) is 0 Å². The number of rotatable bonds is 4. The zero-order valence-corrected chi connectivity index (χ0v) is 10.5. The van der Waals surface area contributed by atoms with Crippen molar-refractivity contribution in [3.8, 4) is 0 Å². The molecule has 4 heteroatoms. The second-order valence-electron chi connectivity index (χ2n) is 4.12. The maximum atomic E-state index is 5.82. The van der Waals surface area contributed by atoms with Crippen LogP contribution in [0.15, 0.2) is 16.5 Å². The summed E-state index contributed by atoms with van der Waals surface area (Å²) in [5, 5.41) is 0.949. The molecule has 0 spiro atoms. The summed E-state index contributed by atoms with van der Waals surface area (Å²) in [5.41, 5.74) is 5.82. The number of furan rings is 1. The van der Waals surface area contributed by atoms with Crippen LogP contribution in [0, 0.1) is 6.92 Å². The van der Waals surface area contributed by atoms with Gasteiger partial charge in [0.05, 0.1) is 5.25 Å². The highest BCUT2D eigenvalue weighted by Gasteiger charge is 2.22. The van der Waals surface area contributed by atoms with Crippen LogP contribution in [0.3, 0.4) is 0 Å². The lowest BCUT2D eigenvalue weighted by Crippen LogP contribution is -2.20. The third-order valence-electron chi connectivity index (χ3n) is 2.82. The van der Waals surface area contributed by atoms with Gasteiger partial charge in [-0.15, -0.1) is 11.8 Å². The first-order valence-electron chi connectivity index (χ1n) is 5.79. The van der Waals surface area contributed by atoms with Gasteiger partial charge in [0.25, 0.3) is 0 Å². The zero-order chi connectivity index (χ0) is 11.4. The van der Waals surface area contributed by atoms with E-state index in [2.05, 4.69) is 0 Å². The molecule has 2 heterocycles. The molecule has 1 atom stereocenters. The van der Waals surface area contributed by atoms with Crippen molar-refractivity contribution in [3.63, 3.8) is 0 Å². The molecule has 1 saturated heterocycles. The summed E-state index contributed by atoms with van der Waals surface area (Å²) < 4.78 is 11.0. The number of aryl methyl sites for hydroxylation is 1. The predicted octanol–water partition coefficient (Wildman–Crippen LogP) is 2.50. The van der Waals surface area contributed by atoms with Gasteiger partial charge in [0, 0.05) is 25.0 Å². The highest BCUT2D eigenvalue weighted by molar-refractivity contribution is 8.00. The van der Waals surface area contributed by atoms with E-state index in [4.69, 9.17) is 14.9 Å². The first-order chi connectivity index (χ1) is 7.79. The Morgan fingerprint density at radius 1 is 1.44 bits per heavy atom. The highest BCUT2D eigenvalue weighted by atomic mass is 32.2. The van der Waals surface area contributed by atoms with E-state index in [1.165, 1.54) is 0 Å². The summed E-state index contributed by atoms with van der Waals surface area (Å²) in [6.45, 7) is 4.36. The Balaban J connectivity index is 1.94. The SMILES string of the molecule is Cc1ccc(C(CN)SC2CCOCC2)o1. The average Bonchev–Trinajstić information content (AvgIpc) is 2.74. The molecule has 0 bridgehead atoms. The summed E-state index contributed by atoms with van der Waals surface area (Å²) in [7, 11) is 0. The minimum Gasteiger partial charge on any atom is -0.465 e. The van der Waals surface area contributed by atoms with E-state index in [-0.39, 0.29) is 5.25 Å². The lowest BCUT2D eigenvalue weighted by atomic mass is 10.2. The molecule has 0 radical (unpaired) electrons. The highest BCUT2D eigenvalue weighted by Crippen LogP contribution is 2.36. The van der Waals surface area contributed by atoms with Crippen molar-refractivity contribution in [1.29, 1.82) is 0 Å². The number of hydrogen-bond donors (Lipinski definition) is 1. The van der Waals surface area contributed by atoms with Gasteiger partial charge in [0.2, 0.25) is 0 Å². The second-order valence-corrected chi connectivity index (χ2v) is 5.63. The molecule has 1 aliphatic heterocycles. The minimum atomic E-state index is 0.289. The van der Waals surface area contributed by atoms with Crippen molar-refractivity contribution >= 4 is 11.8 Å². The number of hydrogen-bond acceptors (Lipinski definition) is 4. The molecule has 0 saturated carbocycles. The predicted molar refractivity (Wildman–Crippen MR) is 66.7 cm³/mol. The van der Waals surface area contributed by atoms with Crippen LogP contribution < -0.4 is 5.73 Å². The fourth-order valence-electron chi connectivity index (χ4n) is 1.91. The van der Waals surface area contributed by atoms with Crippen molar-refractivity contribution in [2.45, 2.75) is 30.3 Å². The summed E-state index contributed by atoms with van der Waals surface area (Å²) in [5.74, 6) is 1.97. The maximum absolute atomic E-state index is 5.82. The Morgan fingerprint density at radius 2 is 2.19 bits per heavy atom. The maximum Gasteiger partial charge on any atom is 0.118 e. The number of nitrogens with two attached hydrogens (primary N) is 1. The van der Waals surface area contributed by atoms with Crippen LogP contribution in [0.1, 0.15) is 29.6 Å². The van der Waals surface area contributed by atoms with E-state index >= 15 is 0 Å². The van der Waals surface area contributed by atoms with E-state index < -0.39 is 0 Å². The van der Waals surface area contributed by atoms with Gasteiger partial charge < -0.3 is 14.9 Å². The van der Waals surface area contributed by atoms with Crippen LogP contribution in [-0.2, 0) is 4.74 Å². The van der Waals surface area contributed by atoms with E-state index in [9.17, 15) is 0 Å². The van der Waals surface area contributed by atoms with Crippen LogP contribution in [0.5, 0.6) is 0 Å². The van der Waals surface area contributed by atoms with Crippen molar-refractivity contribution in [2.75, 3.05) is 19.8 Å². The van der Waals surface area contributed by atoms with E-state index in [1.54, 1.807) is 0 Å². The normalized spacial score (nSPS) is 19.9. The Morgan fingerprint density at radius 3 is 2.75 bits per heavy atom. The zero-order valence-electron chi connectivity index (χ0n) is 9.65. The Labute approximate surface area is 101 Å². The third kappa shape index (κ3) is 3.03. The quantitative estimate of drug-likeness (QED) is 0.880. The lowest BCUT2D eigenvalue weighted by Gasteiger charge is -2.24. The van der Waals surface area contributed by atoms with Gasteiger partial charge in [-0.25, -0.2) is 0 Å². The van der Waals surface area contributed by atoms with Gasteiger partial charge in [0.1, 0.15) is 11.5 Å². The monoisotopic (exact) mass is 241 g/mol. The second kappa shape index (κ2) is 5.75. The summed E-state index contributed by atoms with van der Waals surface area (Å²) in [4.78, 5) is 0. The van der Waals surface area contributed by atoms with Crippen molar-refractivity contribution < 1.29 is 9.15 Å². The molecule has 2 N–H and O–H groups in total. The van der Waals surface area contributed by atoms with Crippen LogP contribution in [0.4, 0.5) is 0 Å². The van der Waals surface area contributed by atoms with Gasteiger partial charge >= 0.3 is 0 Å². The molecule has 1 aromatic heterocycles. The molecule has 0 aromatic carbocycles. The Kier molecular flexibility index (Phi) is 4.32. The molecule has 0 aliphatic carbocycles. The van der Waals surface area contributed by atoms with Crippen molar-refractivity contribution in [2.24, 2.45) is 5.73 Å². The standard InChI is InChI=1S/C12H19NO2S/c1-9-2-3-11(15-9)12(8-13)16-10-4-6-14-7-5-10/h2-3,10,12H,4-8,13H2,1H3. The molecule has 1 fully saturated rings. The molecular weight excluding hydrogens is 222 g/mol. The van der Waals surface area contributed by atoms with E-state index in [1.807, 2.05) is 30.8 Å². The first-order valence-corrected chi connectivity index (χ1v) is 6.73. The molecule has 3 nitrogen and oxygen atoms in total. The van der Waals surface area contributed by atoms with Crippen LogP contribution >= 0.6 is 11.8 Å². The molecule has 1 aliphatic rings. The Hall–Kier alpha value is -0.450. The molecule has 1 aromatic rings. The topological polar surface area (TPSA) is 48.4 Å². The van der Waals surface area contributed by atoms with Gasteiger partial charge in [-0.2, -0.15) is 0 Å². The summed E-state index contributed by atoms with van der Waals surface area (Å²) >= 11 is 1.93. The van der Waals surface area contributed by atoms with Gasteiger partial charge in [-0.3, -0.25) is 0 Å². The molecule has 0 amide bonds.